The maximum atomic E-state index is 12.5. The van der Waals surface area contributed by atoms with Crippen LogP contribution < -0.4 is 21.1 Å². The van der Waals surface area contributed by atoms with Crippen LogP contribution in [0, 0.1) is 0 Å². The Bertz CT molecular complexity index is 1020. The fraction of sp³-hybridized carbons (Fsp3) is 0.100. The lowest BCUT2D eigenvalue weighted by Gasteiger charge is -2.12. The Kier molecular flexibility index (Phi) is 6.48. The van der Waals surface area contributed by atoms with E-state index in [1.165, 1.54) is 6.08 Å². The highest BCUT2D eigenvalue weighted by atomic mass is 79.9. The smallest absolute Gasteiger partial charge is 0.329 e. The van der Waals surface area contributed by atoms with Crippen molar-refractivity contribution in [3.63, 3.8) is 0 Å². The second-order valence-corrected chi connectivity index (χ2v) is 7.17. The molecular weight excluding hydrogens is 456 g/mol. The third-order valence-electron chi connectivity index (χ3n) is 3.96. The third kappa shape index (κ3) is 5.45. The zero-order valence-corrected chi connectivity index (χ0v) is 17.1. The molecule has 1 heterocycles. The fourth-order valence-electron chi connectivity index (χ4n) is 2.57. The summed E-state index contributed by atoms with van der Waals surface area (Å²) in [4.78, 5) is 48.4. The average molecular weight is 473 g/mol. The van der Waals surface area contributed by atoms with Gasteiger partial charge in [-0.1, -0.05) is 28.1 Å². The molecule has 0 saturated carbocycles. The third-order valence-corrected chi connectivity index (χ3v) is 4.49. The normalized spacial score (nSPS) is 14.6. The summed E-state index contributed by atoms with van der Waals surface area (Å²) < 4.78 is 6.02. The Morgan fingerprint density at radius 1 is 1.10 bits per heavy atom. The van der Waals surface area contributed by atoms with Crippen LogP contribution in [0.25, 0.3) is 6.08 Å². The van der Waals surface area contributed by atoms with Crippen molar-refractivity contribution in [2.45, 2.75) is 0 Å². The number of imide groups is 1. The Balaban J connectivity index is 1.62. The summed E-state index contributed by atoms with van der Waals surface area (Å²) in [7, 11) is 0. The molecule has 1 aliphatic rings. The van der Waals surface area contributed by atoms with E-state index in [0.717, 1.165) is 9.37 Å². The molecule has 0 spiro atoms. The average Bonchev–Trinajstić information content (AvgIpc) is 2.96. The number of hydrogen-bond donors (Lipinski definition) is 3. The number of amides is 5. The van der Waals surface area contributed by atoms with E-state index < -0.39 is 30.3 Å². The first-order valence-corrected chi connectivity index (χ1v) is 9.52. The number of primary amides is 1. The van der Waals surface area contributed by atoms with Gasteiger partial charge in [-0.2, -0.15) is 0 Å². The van der Waals surface area contributed by atoms with E-state index in [1.54, 1.807) is 48.5 Å². The second-order valence-electron chi connectivity index (χ2n) is 6.26. The van der Waals surface area contributed by atoms with Crippen molar-refractivity contribution in [3.05, 3.63) is 64.3 Å². The summed E-state index contributed by atoms with van der Waals surface area (Å²) in [6, 6.07) is 12.7. The fourth-order valence-corrected chi connectivity index (χ4v) is 2.84. The van der Waals surface area contributed by atoms with Gasteiger partial charge in [0.05, 0.1) is 0 Å². The minimum Gasteiger partial charge on any atom is -0.484 e. The number of nitrogens with one attached hydrogen (secondary N) is 2. The van der Waals surface area contributed by atoms with Gasteiger partial charge in [-0.05, 0) is 48.0 Å². The quantitative estimate of drug-likeness (QED) is 0.417. The molecule has 0 aliphatic carbocycles. The molecule has 2 aromatic rings. The van der Waals surface area contributed by atoms with Crippen LogP contribution in [0.2, 0.25) is 0 Å². The molecule has 1 saturated heterocycles. The molecule has 30 heavy (non-hydrogen) atoms. The SMILES string of the molecule is NC(=O)COc1ccc(/C=C2\NC(=O)N(CC(=O)Nc3ccc(Br)cc3)C2=O)cc1. The topological polar surface area (TPSA) is 131 Å². The highest BCUT2D eigenvalue weighted by Crippen LogP contribution is 2.18. The van der Waals surface area contributed by atoms with Crippen LogP contribution in [0.1, 0.15) is 5.56 Å². The van der Waals surface area contributed by atoms with Crippen molar-refractivity contribution in [1.29, 1.82) is 0 Å². The molecule has 2 aromatic carbocycles. The van der Waals surface area contributed by atoms with Crippen LogP contribution in [0.3, 0.4) is 0 Å². The van der Waals surface area contributed by atoms with E-state index >= 15 is 0 Å². The molecule has 0 unspecified atom stereocenters. The first-order chi connectivity index (χ1) is 14.3. The van der Waals surface area contributed by atoms with Gasteiger partial charge in [-0.15, -0.1) is 0 Å². The van der Waals surface area contributed by atoms with Gasteiger partial charge in [-0.3, -0.25) is 14.4 Å². The first kappa shape index (κ1) is 21.1. The maximum absolute atomic E-state index is 12.5. The number of hydrogen-bond acceptors (Lipinski definition) is 5. The molecule has 0 atom stereocenters. The van der Waals surface area contributed by atoms with Gasteiger partial charge in [0.15, 0.2) is 6.61 Å². The standard InChI is InChI=1S/C20H17BrN4O5/c21-13-3-5-14(6-4-13)23-18(27)10-25-19(28)16(24-20(25)29)9-12-1-7-15(8-2-12)30-11-17(22)26/h1-9H,10-11H2,(H2,22,26)(H,23,27)(H,24,29)/b16-9-. The first-order valence-electron chi connectivity index (χ1n) is 8.73. The number of ether oxygens (including phenoxy) is 1. The van der Waals surface area contributed by atoms with Gasteiger partial charge in [0.2, 0.25) is 5.91 Å². The zero-order chi connectivity index (χ0) is 21.7. The number of rotatable bonds is 7. The van der Waals surface area contributed by atoms with Crippen molar-refractivity contribution < 1.29 is 23.9 Å². The number of urea groups is 1. The summed E-state index contributed by atoms with van der Waals surface area (Å²) in [6.45, 7) is -0.662. The van der Waals surface area contributed by atoms with Crippen molar-refractivity contribution in [3.8, 4) is 5.75 Å². The minimum atomic E-state index is -0.682. The van der Waals surface area contributed by atoms with Gasteiger partial charge in [-0.25, -0.2) is 9.69 Å². The van der Waals surface area contributed by atoms with E-state index in [4.69, 9.17) is 10.5 Å². The van der Waals surface area contributed by atoms with Crippen LogP contribution in [-0.4, -0.2) is 41.8 Å². The number of nitrogens with zero attached hydrogens (tertiary/aromatic N) is 1. The lowest BCUT2D eigenvalue weighted by Crippen LogP contribution is -2.38. The van der Waals surface area contributed by atoms with Gasteiger partial charge >= 0.3 is 6.03 Å². The predicted octanol–water partition coefficient (Wildman–Crippen LogP) is 1.84. The maximum Gasteiger partial charge on any atom is 0.329 e. The summed E-state index contributed by atoms with van der Waals surface area (Å²) in [5, 5.41) is 5.08. The van der Waals surface area contributed by atoms with Crippen LogP contribution in [0.15, 0.2) is 58.7 Å². The Labute approximate surface area is 180 Å². The van der Waals surface area contributed by atoms with Gasteiger partial charge in [0.25, 0.3) is 11.8 Å². The number of carbonyl (C=O) groups excluding carboxylic acids is 4. The summed E-state index contributed by atoms with van der Waals surface area (Å²) in [5.74, 6) is -1.27. The van der Waals surface area contributed by atoms with E-state index in [9.17, 15) is 19.2 Å². The molecule has 1 aliphatic heterocycles. The van der Waals surface area contributed by atoms with Gasteiger partial charge in [0, 0.05) is 10.2 Å². The predicted molar refractivity (Wildman–Crippen MR) is 112 cm³/mol. The van der Waals surface area contributed by atoms with Crippen molar-refractivity contribution >= 4 is 51.4 Å². The van der Waals surface area contributed by atoms with Crippen molar-refractivity contribution in [2.24, 2.45) is 5.73 Å². The highest BCUT2D eigenvalue weighted by Gasteiger charge is 2.34. The number of carbonyl (C=O) groups is 4. The highest BCUT2D eigenvalue weighted by molar-refractivity contribution is 9.10. The Morgan fingerprint density at radius 2 is 1.77 bits per heavy atom. The summed E-state index contributed by atoms with van der Waals surface area (Å²) in [5.41, 5.74) is 6.22. The van der Waals surface area contributed by atoms with Crippen molar-refractivity contribution in [1.82, 2.24) is 10.2 Å². The lowest BCUT2D eigenvalue weighted by atomic mass is 10.2. The van der Waals surface area contributed by atoms with E-state index in [1.807, 2.05) is 0 Å². The minimum absolute atomic E-state index is 0.0437. The van der Waals surface area contributed by atoms with E-state index in [2.05, 4.69) is 26.6 Å². The summed E-state index contributed by atoms with van der Waals surface area (Å²) >= 11 is 3.30. The molecular formula is C20H17BrN4O5. The molecule has 154 valence electrons. The zero-order valence-electron chi connectivity index (χ0n) is 15.6. The lowest BCUT2D eigenvalue weighted by molar-refractivity contribution is -0.127. The number of halogens is 1. The molecule has 0 radical (unpaired) electrons. The van der Waals surface area contributed by atoms with Crippen LogP contribution >= 0.6 is 15.9 Å². The van der Waals surface area contributed by atoms with Gasteiger partial charge in [0.1, 0.15) is 18.0 Å². The molecule has 5 amide bonds. The molecule has 0 bridgehead atoms. The molecule has 0 aromatic heterocycles. The van der Waals surface area contributed by atoms with Crippen LogP contribution in [0.4, 0.5) is 10.5 Å². The molecule has 4 N–H and O–H groups in total. The molecule has 9 nitrogen and oxygen atoms in total. The number of nitrogens with two attached hydrogens (primary N) is 1. The van der Waals surface area contributed by atoms with E-state index in [0.29, 0.717) is 17.0 Å². The van der Waals surface area contributed by atoms with Crippen LogP contribution in [-0.2, 0) is 14.4 Å². The molecule has 1 fully saturated rings. The monoisotopic (exact) mass is 472 g/mol. The molecule has 10 heteroatoms. The Hall–Kier alpha value is -3.66. The van der Waals surface area contributed by atoms with Crippen molar-refractivity contribution in [2.75, 3.05) is 18.5 Å². The van der Waals surface area contributed by atoms with Crippen LogP contribution in [0.5, 0.6) is 5.75 Å². The second kappa shape index (κ2) is 9.23. The van der Waals surface area contributed by atoms with E-state index in [-0.39, 0.29) is 12.3 Å². The number of anilines is 1. The Morgan fingerprint density at radius 3 is 2.40 bits per heavy atom. The number of benzene rings is 2. The molecule has 3 rings (SSSR count). The van der Waals surface area contributed by atoms with Gasteiger partial charge < -0.3 is 21.1 Å². The summed E-state index contributed by atoms with van der Waals surface area (Å²) in [6.07, 6.45) is 1.48. The largest absolute Gasteiger partial charge is 0.484 e.